The molecule has 6 nitrogen and oxygen atoms in total. The molecule has 1 heterocycles. The lowest BCUT2D eigenvalue weighted by Crippen LogP contribution is -2.43. The number of aliphatic carboxylic acids is 1. The van der Waals surface area contributed by atoms with Crippen LogP contribution in [0, 0.1) is 6.92 Å². The van der Waals surface area contributed by atoms with E-state index in [4.69, 9.17) is 16.3 Å². The Morgan fingerprint density at radius 2 is 1.68 bits per heavy atom. The number of pyridine rings is 1. The number of benzene rings is 2. The van der Waals surface area contributed by atoms with Crippen molar-refractivity contribution >= 4 is 23.7 Å². The van der Waals surface area contributed by atoms with E-state index in [1.165, 1.54) is 0 Å². The summed E-state index contributed by atoms with van der Waals surface area (Å²) in [6.07, 6.45) is -0.781. The summed E-state index contributed by atoms with van der Waals surface area (Å²) in [4.78, 5) is 28.2. The molecule has 1 unspecified atom stereocenters. The minimum absolute atomic E-state index is 0.00560. The monoisotopic (exact) mass is 436 g/mol. The van der Waals surface area contributed by atoms with E-state index in [0.29, 0.717) is 5.56 Å². The van der Waals surface area contributed by atoms with Gasteiger partial charge < -0.3 is 15.2 Å². The first-order chi connectivity index (χ1) is 14.9. The van der Waals surface area contributed by atoms with Gasteiger partial charge in [-0.1, -0.05) is 66.2 Å². The van der Waals surface area contributed by atoms with Crippen molar-refractivity contribution < 1.29 is 19.4 Å². The first-order valence-electron chi connectivity index (χ1n) is 9.90. The van der Waals surface area contributed by atoms with Gasteiger partial charge in [-0.05, 0) is 40.8 Å². The van der Waals surface area contributed by atoms with E-state index in [0.717, 1.165) is 27.9 Å². The highest BCUT2D eigenvalue weighted by atomic mass is 35.5. The van der Waals surface area contributed by atoms with Gasteiger partial charge in [0.1, 0.15) is 17.8 Å². The predicted octanol–water partition coefficient (Wildman–Crippen LogP) is 4.58. The molecule has 1 aromatic heterocycles. The lowest BCUT2D eigenvalue weighted by Gasteiger charge is -2.18. The van der Waals surface area contributed by atoms with Crippen LogP contribution in [0.4, 0.5) is 4.79 Å². The van der Waals surface area contributed by atoms with E-state index in [1.54, 1.807) is 19.1 Å². The van der Waals surface area contributed by atoms with Crippen molar-refractivity contribution in [2.75, 3.05) is 6.61 Å². The quantitative estimate of drug-likeness (QED) is 0.552. The molecule has 0 spiro atoms. The van der Waals surface area contributed by atoms with Crippen LogP contribution in [0.3, 0.4) is 0 Å². The van der Waals surface area contributed by atoms with Crippen molar-refractivity contribution in [1.29, 1.82) is 0 Å². The third-order valence-corrected chi connectivity index (χ3v) is 5.75. The minimum Gasteiger partial charge on any atom is -0.480 e. The zero-order chi connectivity index (χ0) is 22.0. The molecule has 0 saturated carbocycles. The van der Waals surface area contributed by atoms with Crippen LogP contribution in [0.1, 0.15) is 28.3 Å². The number of fused-ring (bicyclic) bond motifs is 3. The van der Waals surface area contributed by atoms with Gasteiger partial charge in [0, 0.05) is 18.0 Å². The molecule has 1 aliphatic rings. The van der Waals surface area contributed by atoms with Gasteiger partial charge in [0.15, 0.2) is 0 Å². The molecule has 3 aromatic rings. The first kappa shape index (κ1) is 20.9. The second-order valence-corrected chi connectivity index (χ2v) is 7.83. The average Bonchev–Trinajstić information content (AvgIpc) is 3.07. The molecule has 7 heteroatoms. The van der Waals surface area contributed by atoms with Crippen molar-refractivity contribution in [3.05, 3.63) is 88.2 Å². The number of hydrogen-bond donors (Lipinski definition) is 2. The van der Waals surface area contributed by atoms with Crippen molar-refractivity contribution in [3.63, 3.8) is 0 Å². The highest BCUT2D eigenvalue weighted by molar-refractivity contribution is 6.30. The molecular formula is C24H21ClN2O4. The lowest BCUT2D eigenvalue weighted by atomic mass is 9.98. The summed E-state index contributed by atoms with van der Waals surface area (Å²) in [6, 6.07) is 18.3. The number of carboxylic acids is 1. The van der Waals surface area contributed by atoms with Gasteiger partial charge in [-0.2, -0.15) is 0 Å². The number of carbonyl (C=O) groups excluding carboxylic acids is 1. The van der Waals surface area contributed by atoms with Crippen molar-refractivity contribution in [2.24, 2.45) is 0 Å². The molecule has 1 amide bonds. The highest BCUT2D eigenvalue weighted by Crippen LogP contribution is 2.44. The van der Waals surface area contributed by atoms with Gasteiger partial charge in [-0.3, -0.25) is 0 Å². The Kier molecular flexibility index (Phi) is 5.91. The van der Waals surface area contributed by atoms with Crippen LogP contribution < -0.4 is 5.32 Å². The molecule has 2 N–H and O–H groups in total. The molecule has 4 rings (SSSR count). The van der Waals surface area contributed by atoms with Gasteiger partial charge in [0.2, 0.25) is 0 Å². The van der Waals surface area contributed by atoms with Crippen LogP contribution in [-0.2, 0) is 16.0 Å². The number of halogens is 1. The molecule has 2 aromatic carbocycles. The molecule has 31 heavy (non-hydrogen) atoms. The third kappa shape index (κ3) is 4.39. The highest BCUT2D eigenvalue weighted by Gasteiger charge is 2.30. The fourth-order valence-electron chi connectivity index (χ4n) is 3.91. The van der Waals surface area contributed by atoms with Gasteiger partial charge in [-0.25, -0.2) is 14.6 Å². The summed E-state index contributed by atoms with van der Waals surface area (Å²) < 4.78 is 5.45. The van der Waals surface area contributed by atoms with Crippen LogP contribution in [-0.4, -0.2) is 34.8 Å². The number of amides is 1. The molecule has 158 valence electrons. The largest absolute Gasteiger partial charge is 0.480 e. The van der Waals surface area contributed by atoms with Crippen LogP contribution >= 0.6 is 11.6 Å². The Morgan fingerprint density at radius 3 is 2.26 bits per heavy atom. The summed E-state index contributed by atoms with van der Waals surface area (Å²) in [6.45, 7) is 1.90. The topological polar surface area (TPSA) is 88.5 Å². The lowest BCUT2D eigenvalue weighted by molar-refractivity contribution is -0.139. The number of alkyl carbamates (subject to hydrolysis) is 1. The third-order valence-electron chi connectivity index (χ3n) is 5.42. The maximum Gasteiger partial charge on any atom is 0.407 e. The van der Waals surface area contributed by atoms with E-state index < -0.39 is 18.1 Å². The average molecular weight is 437 g/mol. The van der Waals surface area contributed by atoms with E-state index in [2.05, 4.69) is 10.3 Å². The summed E-state index contributed by atoms with van der Waals surface area (Å²) in [5.74, 6) is -1.28. The second kappa shape index (κ2) is 8.78. The number of nitrogens with zero attached hydrogens (tertiary/aromatic N) is 1. The number of carboxylic acid groups (broad SMARTS) is 1. The van der Waals surface area contributed by atoms with Gasteiger partial charge >= 0.3 is 12.1 Å². The number of rotatable bonds is 6. The summed E-state index contributed by atoms with van der Waals surface area (Å²) in [7, 11) is 0. The fourth-order valence-corrected chi connectivity index (χ4v) is 4.18. The van der Waals surface area contributed by atoms with Crippen LogP contribution in [0.2, 0.25) is 5.15 Å². The predicted molar refractivity (Wildman–Crippen MR) is 117 cm³/mol. The van der Waals surface area contributed by atoms with Crippen LogP contribution in [0.5, 0.6) is 0 Å². The smallest absolute Gasteiger partial charge is 0.407 e. The Labute approximate surface area is 184 Å². The number of ether oxygens (including phenoxy) is 1. The van der Waals surface area contributed by atoms with Crippen molar-refractivity contribution in [1.82, 2.24) is 10.3 Å². The minimum atomic E-state index is -1.18. The molecule has 1 aliphatic carbocycles. The number of nitrogens with one attached hydrogen (secondary N) is 1. The molecule has 0 saturated heterocycles. The maximum atomic E-state index is 12.4. The summed E-state index contributed by atoms with van der Waals surface area (Å²) >= 11 is 6.11. The Bertz CT molecular complexity index is 1100. The number of aromatic nitrogens is 1. The number of carbonyl (C=O) groups is 2. The molecular weight excluding hydrogens is 416 g/mol. The molecule has 0 bridgehead atoms. The standard InChI is InChI=1S/C24H21ClN2O4/c1-14-10-11-15(22(25)26-14)12-21(23(28)29)27-24(30)31-13-20-18-8-4-2-6-16(18)17-7-3-5-9-19(17)20/h2-11,20-21H,12-13H2,1H3,(H,27,30)(H,28,29). The van der Waals surface area contributed by atoms with Gasteiger partial charge in [0.25, 0.3) is 0 Å². The van der Waals surface area contributed by atoms with Gasteiger partial charge in [0.05, 0.1) is 0 Å². The first-order valence-corrected chi connectivity index (χ1v) is 10.3. The fraction of sp³-hybridized carbons (Fsp3) is 0.208. The Morgan fingerprint density at radius 1 is 1.06 bits per heavy atom. The van der Waals surface area contributed by atoms with E-state index in [9.17, 15) is 14.7 Å². The molecule has 1 atom stereocenters. The van der Waals surface area contributed by atoms with E-state index in [-0.39, 0.29) is 24.1 Å². The number of hydrogen-bond acceptors (Lipinski definition) is 4. The summed E-state index contributed by atoms with van der Waals surface area (Å²) in [5.41, 5.74) is 5.69. The van der Waals surface area contributed by atoms with E-state index >= 15 is 0 Å². The molecule has 0 aliphatic heterocycles. The summed E-state index contributed by atoms with van der Waals surface area (Å²) in [5, 5.41) is 12.2. The van der Waals surface area contributed by atoms with Crippen molar-refractivity contribution in [2.45, 2.75) is 25.3 Å². The Balaban J connectivity index is 1.44. The van der Waals surface area contributed by atoms with Crippen LogP contribution in [0.15, 0.2) is 60.7 Å². The zero-order valence-electron chi connectivity index (χ0n) is 16.8. The van der Waals surface area contributed by atoms with Crippen LogP contribution in [0.25, 0.3) is 11.1 Å². The maximum absolute atomic E-state index is 12.4. The van der Waals surface area contributed by atoms with Gasteiger partial charge in [-0.15, -0.1) is 0 Å². The SMILES string of the molecule is Cc1ccc(CC(NC(=O)OCC2c3ccccc3-c3ccccc32)C(=O)O)c(Cl)n1. The normalized spacial score (nSPS) is 13.2. The Hall–Kier alpha value is -3.38. The second-order valence-electron chi connectivity index (χ2n) is 7.47. The zero-order valence-corrected chi connectivity index (χ0v) is 17.6. The molecule has 0 radical (unpaired) electrons. The number of aryl methyl sites for hydroxylation is 1. The van der Waals surface area contributed by atoms with Crippen molar-refractivity contribution in [3.8, 4) is 11.1 Å². The van der Waals surface area contributed by atoms with E-state index in [1.807, 2.05) is 48.5 Å². The molecule has 0 fully saturated rings.